The van der Waals surface area contributed by atoms with Gasteiger partial charge in [0.05, 0.1) is 30.8 Å². The second kappa shape index (κ2) is 5.19. The summed E-state index contributed by atoms with van der Waals surface area (Å²) < 4.78 is 9.68. The number of fused-ring (bicyclic) bond motifs is 1. The minimum Gasteiger partial charge on any atom is -0.467 e. The highest BCUT2D eigenvalue weighted by Crippen LogP contribution is 2.52. The van der Waals surface area contributed by atoms with Gasteiger partial charge in [0, 0.05) is 0 Å². The predicted molar refractivity (Wildman–Crippen MR) is 76.4 cm³/mol. The highest BCUT2D eigenvalue weighted by molar-refractivity contribution is 6.24. The van der Waals surface area contributed by atoms with E-state index in [2.05, 4.69) is 0 Å². The molecule has 0 N–H and O–H groups in total. The van der Waals surface area contributed by atoms with E-state index in [1.54, 1.807) is 19.1 Å². The van der Waals surface area contributed by atoms with Crippen molar-refractivity contribution in [3.63, 3.8) is 0 Å². The summed E-state index contributed by atoms with van der Waals surface area (Å²) in [5.74, 6) is -3.48. The number of esters is 2. The summed E-state index contributed by atoms with van der Waals surface area (Å²) in [5.41, 5.74) is -1.17. The van der Waals surface area contributed by atoms with Crippen LogP contribution in [0.1, 0.15) is 34.1 Å². The molecule has 0 aromatic heterocycles. The van der Waals surface area contributed by atoms with Gasteiger partial charge in [-0.1, -0.05) is 12.1 Å². The van der Waals surface area contributed by atoms with Crippen molar-refractivity contribution in [2.24, 2.45) is 5.92 Å². The van der Waals surface area contributed by atoms with Crippen LogP contribution >= 0.6 is 0 Å². The third-order valence-corrected chi connectivity index (χ3v) is 4.23. The zero-order chi connectivity index (χ0) is 16.8. The Morgan fingerprint density at radius 1 is 1.22 bits per heavy atom. The number of benzene rings is 1. The number of imide groups is 1. The quantitative estimate of drug-likeness (QED) is 0.602. The Morgan fingerprint density at radius 3 is 2.26 bits per heavy atom. The van der Waals surface area contributed by atoms with Gasteiger partial charge in [-0.3, -0.25) is 19.3 Å². The van der Waals surface area contributed by atoms with E-state index < -0.39 is 35.2 Å². The molecule has 1 aliphatic carbocycles. The Bertz CT molecular complexity index is 692. The molecule has 2 atom stereocenters. The first kappa shape index (κ1) is 15.2. The maximum Gasteiger partial charge on any atom is 0.333 e. The molecule has 1 heterocycles. The number of carbonyl (C=O) groups excluding carboxylic acids is 4. The summed E-state index contributed by atoms with van der Waals surface area (Å²) in [6.45, 7) is 1.79. The van der Waals surface area contributed by atoms with Crippen molar-refractivity contribution < 1.29 is 28.7 Å². The van der Waals surface area contributed by atoms with Gasteiger partial charge in [0.1, 0.15) is 0 Å². The summed E-state index contributed by atoms with van der Waals surface area (Å²) in [5, 5.41) is 0. The lowest BCUT2D eigenvalue weighted by molar-refractivity contribution is -0.153. The second-order valence-electron chi connectivity index (χ2n) is 5.42. The summed E-state index contributed by atoms with van der Waals surface area (Å²) >= 11 is 0. The Kier molecular flexibility index (Phi) is 3.43. The van der Waals surface area contributed by atoms with Gasteiger partial charge in [-0.2, -0.15) is 0 Å². The maximum atomic E-state index is 12.6. The van der Waals surface area contributed by atoms with E-state index in [9.17, 15) is 19.2 Å². The summed E-state index contributed by atoms with van der Waals surface area (Å²) in [6.07, 6.45) is 0.0178. The predicted octanol–water partition coefficient (Wildman–Crippen LogP) is 0.777. The fraction of sp³-hybridized carbons (Fsp3) is 0.375. The Hall–Kier alpha value is -2.70. The number of nitrogens with zero attached hydrogens (tertiary/aromatic N) is 1. The Labute approximate surface area is 132 Å². The Balaban J connectivity index is 2.01. The molecule has 2 amide bonds. The zero-order valence-electron chi connectivity index (χ0n) is 12.7. The number of hydrogen-bond acceptors (Lipinski definition) is 6. The van der Waals surface area contributed by atoms with Gasteiger partial charge < -0.3 is 9.47 Å². The molecule has 0 spiro atoms. The topological polar surface area (TPSA) is 90.0 Å². The largest absolute Gasteiger partial charge is 0.467 e. The van der Waals surface area contributed by atoms with Crippen LogP contribution < -0.4 is 0 Å². The number of hydrogen-bond donors (Lipinski definition) is 0. The zero-order valence-corrected chi connectivity index (χ0v) is 12.7. The van der Waals surface area contributed by atoms with Crippen LogP contribution in [0.5, 0.6) is 0 Å². The van der Waals surface area contributed by atoms with Crippen molar-refractivity contribution in [1.29, 1.82) is 0 Å². The fourth-order valence-corrected chi connectivity index (χ4v) is 3.07. The molecule has 7 nitrogen and oxygen atoms in total. The molecule has 1 fully saturated rings. The molecule has 3 rings (SSSR count). The van der Waals surface area contributed by atoms with Gasteiger partial charge in [-0.05, 0) is 25.5 Å². The lowest BCUT2D eigenvalue weighted by Crippen LogP contribution is -2.50. The summed E-state index contributed by atoms with van der Waals surface area (Å²) in [6, 6.07) is 6.30. The van der Waals surface area contributed by atoms with Crippen LogP contribution in [0.25, 0.3) is 0 Å². The normalized spacial score (nSPS) is 25.1. The molecule has 0 unspecified atom stereocenters. The molecular formula is C16H15NO6. The van der Waals surface area contributed by atoms with Crippen LogP contribution in [0.15, 0.2) is 24.3 Å². The maximum absolute atomic E-state index is 12.6. The van der Waals surface area contributed by atoms with Crippen LogP contribution in [0.2, 0.25) is 0 Å². The second-order valence-corrected chi connectivity index (χ2v) is 5.42. The SMILES string of the molecule is CCOC(=O)[C@@H]1C[C@]1(C(=O)OC)N1C(=O)c2ccccc2C1=O. The van der Waals surface area contributed by atoms with Crippen LogP contribution in [0.3, 0.4) is 0 Å². The van der Waals surface area contributed by atoms with Crippen molar-refractivity contribution >= 4 is 23.8 Å². The van der Waals surface area contributed by atoms with Crippen LogP contribution in [0, 0.1) is 5.92 Å². The van der Waals surface area contributed by atoms with Crippen molar-refractivity contribution in [3.05, 3.63) is 35.4 Å². The van der Waals surface area contributed by atoms with Crippen molar-refractivity contribution in [1.82, 2.24) is 4.90 Å². The average molecular weight is 317 g/mol. The van der Waals surface area contributed by atoms with Crippen LogP contribution in [0.4, 0.5) is 0 Å². The highest BCUT2D eigenvalue weighted by atomic mass is 16.5. The third kappa shape index (κ3) is 1.96. The molecule has 0 radical (unpaired) electrons. The number of amides is 2. The van der Waals surface area contributed by atoms with Gasteiger partial charge in [0.25, 0.3) is 11.8 Å². The molecule has 1 aliphatic heterocycles. The minimum absolute atomic E-state index is 0.0178. The number of carbonyl (C=O) groups is 4. The molecule has 1 saturated carbocycles. The van der Waals surface area contributed by atoms with E-state index >= 15 is 0 Å². The molecule has 0 bridgehead atoms. The Morgan fingerprint density at radius 2 is 1.78 bits per heavy atom. The first-order chi connectivity index (χ1) is 11.0. The fourth-order valence-electron chi connectivity index (χ4n) is 3.07. The lowest BCUT2D eigenvalue weighted by Gasteiger charge is -2.24. The molecule has 2 aliphatic rings. The smallest absolute Gasteiger partial charge is 0.333 e. The molecular weight excluding hydrogens is 302 g/mol. The van der Waals surface area contributed by atoms with Gasteiger partial charge in [0.2, 0.25) is 0 Å². The number of rotatable bonds is 4. The number of methoxy groups -OCH3 is 1. The summed E-state index contributed by atoms with van der Waals surface area (Å²) in [7, 11) is 1.16. The van der Waals surface area contributed by atoms with Crippen LogP contribution in [-0.2, 0) is 19.1 Å². The highest BCUT2D eigenvalue weighted by Gasteiger charge is 2.73. The van der Waals surface area contributed by atoms with Crippen molar-refractivity contribution in [2.45, 2.75) is 18.9 Å². The minimum atomic E-state index is -1.60. The average Bonchev–Trinajstić information content (AvgIpc) is 3.25. The van der Waals surface area contributed by atoms with Crippen LogP contribution in [-0.4, -0.2) is 47.9 Å². The van der Waals surface area contributed by atoms with Gasteiger partial charge in [-0.25, -0.2) is 4.79 Å². The first-order valence-electron chi connectivity index (χ1n) is 7.22. The van der Waals surface area contributed by atoms with Gasteiger partial charge >= 0.3 is 11.9 Å². The van der Waals surface area contributed by atoms with E-state index in [0.717, 1.165) is 12.0 Å². The van der Waals surface area contributed by atoms with Gasteiger partial charge in [-0.15, -0.1) is 0 Å². The first-order valence-corrected chi connectivity index (χ1v) is 7.22. The van der Waals surface area contributed by atoms with E-state index in [1.165, 1.54) is 12.1 Å². The van der Waals surface area contributed by atoms with E-state index in [-0.39, 0.29) is 24.2 Å². The van der Waals surface area contributed by atoms with Crippen molar-refractivity contribution in [3.8, 4) is 0 Å². The standard InChI is InChI=1S/C16H15NO6/c1-3-23-14(20)11-8-16(11,15(21)22-2)17-12(18)9-6-4-5-7-10(9)13(17)19/h4-7,11H,3,8H2,1-2H3/t11-,16-/m0/s1. The van der Waals surface area contributed by atoms with Gasteiger partial charge in [0.15, 0.2) is 5.54 Å². The molecule has 1 aromatic rings. The summed E-state index contributed by atoms with van der Waals surface area (Å²) in [4.78, 5) is 50.3. The molecule has 0 saturated heterocycles. The number of ether oxygens (including phenoxy) is 2. The monoisotopic (exact) mass is 317 g/mol. The molecule has 7 heteroatoms. The molecule has 1 aromatic carbocycles. The molecule has 23 heavy (non-hydrogen) atoms. The van der Waals surface area contributed by atoms with E-state index in [4.69, 9.17) is 9.47 Å². The lowest BCUT2D eigenvalue weighted by atomic mass is 10.1. The van der Waals surface area contributed by atoms with E-state index in [0.29, 0.717) is 0 Å². The third-order valence-electron chi connectivity index (χ3n) is 4.23. The van der Waals surface area contributed by atoms with E-state index in [1.807, 2.05) is 0 Å². The molecule has 120 valence electrons. The van der Waals surface area contributed by atoms with Crippen molar-refractivity contribution in [2.75, 3.05) is 13.7 Å².